The molecular formula is C16H16N2O3. The molecule has 5 nitrogen and oxygen atoms in total. The van der Waals surface area contributed by atoms with Gasteiger partial charge in [0.1, 0.15) is 11.5 Å². The highest BCUT2D eigenvalue weighted by Crippen LogP contribution is 2.31. The molecule has 0 fully saturated rings. The fraction of sp³-hybridized carbons (Fsp3) is 0.188. The largest absolute Gasteiger partial charge is 0.508 e. The third-order valence-electron chi connectivity index (χ3n) is 3.62. The average molecular weight is 284 g/mol. The smallest absolute Gasteiger partial charge is 0.258 e. The Morgan fingerprint density at radius 3 is 2.52 bits per heavy atom. The molecular weight excluding hydrogens is 268 g/mol. The Morgan fingerprint density at radius 1 is 1.10 bits per heavy atom. The molecule has 108 valence electrons. The number of nitrogens with two attached hydrogens (primary N) is 1. The molecule has 1 aliphatic heterocycles. The molecule has 21 heavy (non-hydrogen) atoms. The van der Waals surface area contributed by atoms with Crippen molar-refractivity contribution in [1.29, 1.82) is 0 Å². The third kappa shape index (κ3) is 2.50. The zero-order valence-corrected chi connectivity index (χ0v) is 11.4. The van der Waals surface area contributed by atoms with Gasteiger partial charge in [0, 0.05) is 29.5 Å². The molecule has 0 saturated heterocycles. The van der Waals surface area contributed by atoms with Gasteiger partial charge in [0.25, 0.3) is 5.91 Å². The van der Waals surface area contributed by atoms with Crippen molar-refractivity contribution < 1.29 is 15.0 Å². The molecule has 0 bridgehead atoms. The lowest BCUT2D eigenvalue weighted by molar-refractivity contribution is 0.0984. The number of carbonyl (C=O) groups is 1. The van der Waals surface area contributed by atoms with Crippen molar-refractivity contribution in [2.45, 2.75) is 12.8 Å². The standard InChI is InChI=1S/C16H16N2O3/c17-12-4-3-10-2-1-5-18(15(10)8-12)16(21)11-6-13(19)9-14(20)7-11/h3-4,6-9,19-20H,1-2,5,17H2. The topological polar surface area (TPSA) is 86.8 Å². The van der Waals surface area contributed by atoms with Crippen LogP contribution in [0.25, 0.3) is 0 Å². The number of nitrogen functional groups attached to an aromatic ring is 1. The van der Waals surface area contributed by atoms with E-state index in [4.69, 9.17) is 5.73 Å². The maximum Gasteiger partial charge on any atom is 0.258 e. The second-order valence-corrected chi connectivity index (χ2v) is 5.19. The summed E-state index contributed by atoms with van der Waals surface area (Å²) < 4.78 is 0. The minimum Gasteiger partial charge on any atom is -0.508 e. The Hall–Kier alpha value is -2.69. The van der Waals surface area contributed by atoms with Crippen LogP contribution in [0.5, 0.6) is 11.5 Å². The second-order valence-electron chi connectivity index (χ2n) is 5.19. The maximum absolute atomic E-state index is 12.6. The van der Waals surface area contributed by atoms with Crippen molar-refractivity contribution >= 4 is 17.3 Å². The molecule has 3 rings (SSSR count). The molecule has 0 atom stereocenters. The number of rotatable bonds is 1. The van der Waals surface area contributed by atoms with Crippen LogP contribution in [0.2, 0.25) is 0 Å². The number of phenolic OH excluding ortho intramolecular Hbond substituents is 2. The van der Waals surface area contributed by atoms with Crippen LogP contribution in [0, 0.1) is 0 Å². The van der Waals surface area contributed by atoms with Gasteiger partial charge in [0.05, 0.1) is 0 Å². The zero-order chi connectivity index (χ0) is 15.0. The van der Waals surface area contributed by atoms with Gasteiger partial charge in [-0.2, -0.15) is 0 Å². The molecule has 1 amide bonds. The van der Waals surface area contributed by atoms with Gasteiger partial charge >= 0.3 is 0 Å². The monoisotopic (exact) mass is 284 g/mol. The Labute approximate surface area is 122 Å². The van der Waals surface area contributed by atoms with E-state index in [0.29, 0.717) is 12.2 Å². The lowest BCUT2D eigenvalue weighted by atomic mass is 10.00. The minimum absolute atomic E-state index is 0.136. The Kier molecular flexibility index (Phi) is 3.17. The molecule has 0 saturated carbocycles. The van der Waals surface area contributed by atoms with Gasteiger partial charge in [-0.25, -0.2) is 0 Å². The average Bonchev–Trinajstić information content (AvgIpc) is 2.44. The number of hydrogen-bond acceptors (Lipinski definition) is 4. The molecule has 0 unspecified atom stereocenters. The maximum atomic E-state index is 12.6. The van der Waals surface area contributed by atoms with Crippen LogP contribution in [-0.4, -0.2) is 22.7 Å². The number of aromatic hydroxyl groups is 2. The first-order chi connectivity index (χ1) is 10.0. The van der Waals surface area contributed by atoms with E-state index in [9.17, 15) is 15.0 Å². The highest BCUT2D eigenvalue weighted by Gasteiger charge is 2.24. The van der Waals surface area contributed by atoms with E-state index >= 15 is 0 Å². The van der Waals surface area contributed by atoms with Crippen molar-refractivity contribution in [1.82, 2.24) is 0 Å². The fourth-order valence-corrected chi connectivity index (χ4v) is 2.68. The summed E-state index contributed by atoms with van der Waals surface area (Å²) in [6.45, 7) is 0.589. The number of benzene rings is 2. The van der Waals surface area contributed by atoms with Crippen LogP contribution >= 0.6 is 0 Å². The summed E-state index contributed by atoms with van der Waals surface area (Å²) in [4.78, 5) is 14.3. The molecule has 2 aromatic rings. The number of phenols is 2. The van der Waals surface area contributed by atoms with Crippen molar-refractivity contribution in [2.75, 3.05) is 17.2 Å². The molecule has 1 heterocycles. The molecule has 2 aromatic carbocycles. The summed E-state index contributed by atoms with van der Waals surface area (Å²) in [6.07, 6.45) is 1.78. The number of hydrogen-bond donors (Lipinski definition) is 3. The van der Waals surface area contributed by atoms with E-state index in [-0.39, 0.29) is 23.0 Å². The Bertz CT molecular complexity index is 692. The quantitative estimate of drug-likeness (QED) is 0.701. The molecule has 0 radical (unpaired) electrons. The molecule has 4 N–H and O–H groups in total. The van der Waals surface area contributed by atoms with E-state index in [0.717, 1.165) is 24.1 Å². The highest BCUT2D eigenvalue weighted by atomic mass is 16.3. The molecule has 0 aliphatic carbocycles. The fourth-order valence-electron chi connectivity index (χ4n) is 2.68. The second kappa shape index (κ2) is 5.01. The van der Waals surface area contributed by atoms with Crippen molar-refractivity contribution in [3.8, 4) is 11.5 Å². The first-order valence-corrected chi connectivity index (χ1v) is 6.78. The molecule has 0 aromatic heterocycles. The van der Waals surface area contributed by atoms with Gasteiger partial charge < -0.3 is 20.8 Å². The number of carbonyl (C=O) groups excluding carboxylic acids is 1. The summed E-state index contributed by atoms with van der Waals surface area (Å²) in [7, 11) is 0. The van der Waals surface area contributed by atoms with Crippen LogP contribution in [0.15, 0.2) is 36.4 Å². The van der Waals surface area contributed by atoms with Crippen LogP contribution in [0.1, 0.15) is 22.3 Å². The molecule has 5 heteroatoms. The summed E-state index contributed by atoms with van der Waals surface area (Å²) >= 11 is 0. The zero-order valence-electron chi connectivity index (χ0n) is 11.4. The van der Waals surface area contributed by atoms with Gasteiger partial charge in [0.15, 0.2) is 0 Å². The van der Waals surface area contributed by atoms with Crippen LogP contribution in [-0.2, 0) is 6.42 Å². The highest BCUT2D eigenvalue weighted by molar-refractivity contribution is 6.07. The number of aryl methyl sites for hydroxylation is 1. The van der Waals surface area contributed by atoms with E-state index in [1.54, 1.807) is 11.0 Å². The van der Waals surface area contributed by atoms with E-state index < -0.39 is 0 Å². The van der Waals surface area contributed by atoms with Gasteiger partial charge in [-0.15, -0.1) is 0 Å². The van der Waals surface area contributed by atoms with E-state index in [1.807, 2.05) is 12.1 Å². The minimum atomic E-state index is -0.257. The first kappa shape index (κ1) is 13.3. The molecule has 1 aliphatic rings. The Morgan fingerprint density at radius 2 is 1.81 bits per heavy atom. The number of anilines is 2. The summed E-state index contributed by atoms with van der Waals surface area (Å²) in [5, 5.41) is 19.1. The number of amides is 1. The van der Waals surface area contributed by atoms with E-state index in [2.05, 4.69) is 0 Å². The number of fused-ring (bicyclic) bond motifs is 1. The third-order valence-corrected chi connectivity index (χ3v) is 3.62. The van der Waals surface area contributed by atoms with Gasteiger partial charge in [-0.3, -0.25) is 4.79 Å². The summed E-state index contributed by atoms with van der Waals surface area (Å²) in [5.74, 6) is -0.529. The van der Waals surface area contributed by atoms with E-state index in [1.165, 1.54) is 18.2 Å². The van der Waals surface area contributed by atoms with Crippen molar-refractivity contribution in [2.24, 2.45) is 0 Å². The van der Waals surface area contributed by atoms with Crippen LogP contribution in [0.3, 0.4) is 0 Å². The normalized spacial score (nSPS) is 13.8. The van der Waals surface area contributed by atoms with Crippen LogP contribution in [0.4, 0.5) is 11.4 Å². The molecule has 0 spiro atoms. The lowest BCUT2D eigenvalue weighted by Crippen LogP contribution is -2.35. The predicted molar refractivity (Wildman–Crippen MR) is 80.6 cm³/mol. The Balaban J connectivity index is 2.01. The van der Waals surface area contributed by atoms with Gasteiger partial charge in [-0.05, 0) is 42.7 Å². The van der Waals surface area contributed by atoms with Crippen molar-refractivity contribution in [3.05, 3.63) is 47.5 Å². The summed E-state index contributed by atoms with van der Waals surface area (Å²) in [6, 6.07) is 9.44. The van der Waals surface area contributed by atoms with Gasteiger partial charge in [-0.1, -0.05) is 6.07 Å². The number of nitrogens with zero attached hydrogens (tertiary/aromatic N) is 1. The SMILES string of the molecule is Nc1ccc2c(c1)N(C(=O)c1cc(O)cc(O)c1)CCC2. The predicted octanol–water partition coefficient (Wildman–Crippen LogP) is 2.27. The van der Waals surface area contributed by atoms with Crippen molar-refractivity contribution in [3.63, 3.8) is 0 Å². The lowest BCUT2D eigenvalue weighted by Gasteiger charge is -2.30. The van der Waals surface area contributed by atoms with Crippen LogP contribution < -0.4 is 10.6 Å². The summed E-state index contributed by atoms with van der Waals surface area (Å²) in [5.41, 5.74) is 8.55. The van der Waals surface area contributed by atoms with Gasteiger partial charge in [0.2, 0.25) is 0 Å². The first-order valence-electron chi connectivity index (χ1n) is 6.78.